The van der Waals surface area contributed by atoms with Crippen molar-refractivity contribution in [3.05, 3.63) is 98.7 Å². The number of hydrogen-bond acceptors (Lipinski definition) is 6. The van der Waals surface area contributed by atoms with Gasteiger partial charge in [0.05, 0.1) is 29.7 Å². The summed E-state index contributed by atoms with van der Waals surface area (Å²) in [6.45, 7) is 0.574. The fraction of sp³-hybridized carbons (Fsp3) is 0.290. The van der Waals surface area contributed by atoms with Gasteiger partial charge in [0.2, 0.25) is 5.91 Å². The lowest BCUT2D eigenvalue weighted by Gasteiger charge is -2.28. The minimum atomic E-state index is -0.567. The number of amides is 2. The lowest BCUT2D eigenvalue weighted by atomic mass is 10.1. The number of halogens is 1. The molecule has 1 N–H and O–H groups in total. The van der Waals surface area contributed by atoms with Gasteiger partial charge >= 0.3 is 0 Å². The number of hydrogen-bond donors (Lipinski definition) is 1. The number of carbonyl (C=O) groups is 2. The van der Waals surface area contributed by atoms with E-state index in [2.05, 4.69) is 4.98 Å². The highest BCUT2D eigenvalue weighted by molar-refractivity contribution is 6.34. The van der Waals surface area contributed by atoms with Crippen molar-refractivity contribution in [1.29, 1.82) is 0 Å². The molecular weight excluding hydrogens is 560 g/mol. The Balaban J connectivity index is 1.39. The summed E-state index contributed by atoms with van der Waals surface area (Å²) in [5, 5.41) is 12.2. The van der Waals surface area contributed by atoms with Crippen LogP contribution >= 0.6 is 11.6 Å². The number of nitro groups is 1. The second kappa shape index (κ2) is 12.5. The van der Waals surface area contributed by atoms with Crippen LogP contribution in [0.5, 0.6) is 11.5 Å². The Bertz CT molecular complexity index is 1630. The summed E-state index contributed by atoms with van der Waals surface area (Å²) < 4.78 is 10.8. The number of benzene rings is 3. The molecule has 218 valence electrons. The predicted octanol–water partition coefficient (Wildman–Crippen LogP) is 5.62. The molecule has 2 amide bonds. The van der Waals surface area contributed by atoms with Gasteiger partial charge in [-0.05, 0) is 54.7 Å². The van der Waals surface area contributed by atoms with Gasteiger partial charge in [-0.2, -0.15) is 0 Å². The van der Waals surface area contributed by atoms with Gasteiger partial charge in [0.25, 0.3) is 11.6 Å². The van der Waals surface area contributed by atoms with Crippen LogP contribution in [0.25, 0.3) is 10.9 Å². The van der Waals surface area contributed by atoms with E-state index in [1.54, 1.807) is 25.2 Å². The van der Waals surface area contributed by atoms with Crippen molar-refractivity contribution < 1.29 is 24.0 Å². The van der Waals surface area contributed by atoms with E-state index in [9.17, 15) is 19.7 Å². The quantitative estimate of drug-likeness (QED) is 0.169. The van der Waals surface area contributed by atoms with E-state index in [4.69, 9.17) is 21.1 Å². The third kappa shape index (κ3) is 6.33. The zero-order valence-electron chi connectivity index (χ0n) is 23.3. The first kappa shape index (κ1) is 28.9. The number of nitrogens with one attached hydrogen (secondary N) is 1. The number of para-hydroxylation sites is 1. The topological polar surface area (TPSA) is 118 Å². The number of non-ortho nitro benzene ring substituents is 1. The van der Waals surface area contributed by atoms with E-state index in [1.165, 1.54) is 17.0 Å². The zero-order chi connectivity index (χ0) is 29.8. The van der Waals surface area contributed by atoms with Crippen LogP contribution in [0, 0.1) is 10.1 Å². The molecule has 0 bridgehead atoms. The molecule has 1 heterocycles. The average Bonchev–Trinajstić information content (AvgIpc) is 3.76. The normalized spacial score (nSPS) is 12.6. The van der Waals surface area contributed by atoms with Gasteiger partial charge in [0.15, 0.2) is 11.5 Å². The number of nitro benzene ring substituents is 1. The Hall–Kier alpha value is -4.57. The van der Waals surface area contributed by atoms with Crippen LogP contribution in [-0.2, 0) is 17.8 Å². The van der Waals surface area contributed by atoms with E-state index < -0.39 is 10.8 Å². The van der Waals surface area contributed by atoms with Crippen LogP contribution in [0.3, 0.4) is 0 Å². The Morgan fingerprint density at radius 1 is 1.05 bits per heavy atom. The SMILES string of the molecule is COc1ccc(CN(CCc2c[nH]c3ccccc23)C(=O)CN(C(=O)c2ccc([N+](=O)[O-])cc2Cl)C2CC2)cc1OC. The smallest absolute Gasteiger partial charge is 0.270 e. The van der Waals surface area contributed by atoms with Crippen molar-refractivity contribution in [2.45, 2.75) is 31.8 Å². The molecule has 1 aliphatic rings. The number of ether oxygens (including phenoxy) is 2. The summed E-state index contributed by atoms with van der Waals surface area (Å²) in [4.78, 5) is 44.6. The van der Waals surface area contributed by atoms with E-state index in [0.29, 0.717) is 31.0 Å². The van der Waals surface area contributed by atoms with Crippen molar-refractivity contribution in [3.8, 4) is 11.5 Å². The van der Waals surface area contributed by atoms with Crippen molar-refractivity contribution in [2.75, 3.05) is 27.3 Å². The van der Waals surface area contributed by atoms with E-state index in [-0.39, 0.29) is 34.8 Å². The second-order valence-corrected chi connectivity index (χ2v) is 10.6. The molecule has 0 saturated heterocycles. The summed E-state index contributed by atoms with van der Waals surface area (Å²) in [7, 11) is 3.12. The number of fused-ring (bicyclic) bond motifs is 1. The molecule has 0 spiro atoms. The largest absolute Gasteiger partial charge is 0.493 e. The minimum Gasteiger partial charge on any atom is -0.493 e. The number of aromatic amines is 1. The molecule has 1 fully saturated rings. The standard InChI is InChI=1S/C31H31ClN4O6/c1-41-28-12-7-20(15-29(28)42-2)18-34(14-13-21-17-33-27-6-4-3-5-24(21)27)30(37)19-35(22-8-9-22)31(38)25-11-10-23(36(39)40)16-26(25)32/h3-7,10-12,15-17,22,33H,8-9,13-14,18-19H2,1-2H3. The Labute approximate surface area is 247 Å². The average molecular weight is 591 g/mol. The predicted molar refractivity (Wildman–Crippen MR) is 159 cm³/mol. The fourth-order valence-corrected chi connectivity index (χ4v) is 5.29. The van der Waals surface area contributed by atoms with Gasteiger partial charge in [-0.3, -0.25) is 19.7 Å². The Morgan fingerprint density at radius 2 is 1.81 bits per heavy atom. The maximum atomic E-state index is 13.9. The summed E-state index contributed by atoms with van der Waals surface area (Å²) in [5.41, 5.74) is 2.89. The third-order valence-corrected chi connectivity index (χ3v) is 7.76. The summed E-state index contributed by atoms with van der Waals surface area (Å²) in [5.74, 6) is 0.501. The van der Waals surface area contributed by atoms with Crippen LogP contribution in [-0.4, -0.2) is 64.9 Å². The molecule has 0 atom stereocenters. The zero-order valence-corrected chi connectivity index (χ0v) is 24.1. The van der Waals surface area contributed by atoms with Crippen LogP contribution in [0.15, 0.2) is 66.9 Å². The first-order valence-electron chi connectivity index (χ1n) is 13.6. The molecule has 10 nitrogen and oxygen atoms in total. The van der Waals surface area contributed by atoms with Gasteiger partial charge in [-0.1, -0.05) is 35.9 Å². The number of aromatic nitrogens is 1. The molecule has 0 unspecified atom stereocenters. The highest BCUT2D eigenvalue weighted by Crippen LogP contribution is 2.32. The first-order chi connectivity index (χ1) is 20.3. The maximum Gasteiger partial charge on any atom is 0.270 e. The van der Waals surface area contributed by atoms with E-state index in [1.807, 2.05) is 42.6 Å². The number of carbonyl (C=O) groups excluding carboxylic acids is 2. The molecule has 3 aromatic carbocycles. The highest BCUT2D eigenvalue weighted by Gasteiger charge is 2.36. The van der Waals surface area contributed by atoms with E-state index in [0.717, 1.165) is 40.9 Å². The molecular formula is C31H31ClN4O6. The molecule has 5 rings (SSSR count). The minimum absolute atomic E-state index is 0.0196. The number of H-pyrrole nitrogens is 1. The van der Waals surface area contributed by atoms with Gasteiger partial charge in [-0.25, -0.2) is 0 Å². The maximum absolute atomic E-state index is 13.9. The number of nitrogens with zero attached hydrogens (tertiary/aromatic N) is 3. The summed E-state index contributed by atoms with van der Waals surface area (Å²) in [6, 6.07) is 17.2. The monoisotopic (exact) mass is 590 g/mol. The van der Waals surface area contributed by atoms with Crippen LogP contribution in [0.4, 0.5) is 5.69 Å². The van der Waals surface area contributed by atoms with Crippen LogP contribution in [0.2, 0.25) is 5.02 Å². The van der Waals surface area contributed by atoms with Crippen molar-refractivity contribution in [1.82, 2.24) is 14.8 Å². The van der Waals surface area contributed by atoms with Crippen molar-refractivity contribution in [3.63, 3.8) is 0 Å². The lowest BCUT2D eigenvalue weighted by molar-refractivity contribution is -0.384. The van der Waals surface area contributed by atoms with Gasteiger partial charge in [-0.15, -0.1) is 0 Å². The first-order valence-corrected chi connectivity index (χ1v) is 14.0. The molecule has 1 aliphatic carbocycles. The molecule has 1 saturated carbocycles. The van der Waals surface area contributed by atoms with Crippen LogP contribution in [0.1, 0.15) is 34.3 Å². The molecule has 4 aromatic rings. The van der Waals surface area contributed by atoms with Crippen LogP contribution < -0.4 is 9.47 Å². The van der Waals surface area contributed by atoms with Gasteiger partial charge in [0, 0.05) is 48.4 Å². The van der Waals surface area contributed by atoms with E-state index >= 15 is 0 Å². The Kier molecular flexibility index (Phi) is 8.63. The van der Waals surface area contributed by atoms with Gasteiger partial charge < -0.3 is 24.3 Å². The Morgan fingerprint density at radius 3 is 2.50 bits per heavy atom. The molecule has 42 heavy (non-hydrogen) atoms. The molecule has 11 heteroatoms. The number of rotatable bonds is 12. The van der Waals surface area contributed by atoms with Crippen molar-refractivity contribution in [2.24, 2.45) is 0 Å². The third-order valence-electron chi connectivity index (χ3n) is 7.45. The van der Waals surface area contributed by atoms with Gasteiger partial charge in [0.1, 0.15) is 6.54 Å². The molecule has 1 aromatic heterocycles. The molecule has 0 aliphatic heterocycles. The lowest BCUT2D eigenvalue weighted by Crippen LogP contribution is -2.44. The summed E-state index contributed by atoms with van der Waals surface area (Å²) in [6.07, 6.45) is 4.11. The van der Waals surface area contributed by atoms with Crippen molar-refractivity contribution >= 4 is 40.0 Å². The molecule has 0 radical (unpaired) electrons. The second-order valence-electron chi connectivity index (χ2n) is 10.2. The highest BCUT2D eigenvalue weighted by atomic mass is 35.5. The fourth-order valence-electron chi connectivity index (χ4n) is 5.03. The summed E-state index contributed by atoms with van der Waals surface area (Å²) >= 11 is 6.28. The number of methoxy groups -OCH3 is 2.